The molecule has 6 aromatic carbocycles. The van der Waals surface area contributed by atoms with Gasteiger partial charge >= 0.3 is 0 Å². The highest BCUT2D eigenvalue weighted by molar-refractivity contribution is 5.88. The van der Waals surface area contributed by atoms with Crippen LogP contribution >= 0.6 is 0 Å². The molecule has 3 heterocycles. The van der Waals surface area contributed by atoms with Crippen LogP contribution in [0.1, 0.15) is 45.9 Å². The van der Waals surface area contributed by atoms with E-state index in [4.69, 9.17) is 13.9 Å². The van der Waals surface area contributed by atoms with Gasteiger partial charge in [0.1, 0.15) is 69.2 Å². The summed E-state index contributed by atoms with van der Waals surface area (Å²) in [5.41, 5.74) is -0.847. The number of aromatic hydroxyl groups is 14. The van der Waals surface area contributed by atoms with Crippen LogP contribution in [-0.2, 0) is 6.42 Å². The number of aliphatic hydroxyl groups excluding tert-OH is 2. The summed E-state index contributed by atoms with van der Waals surface area (Å²) in [7, 11) is 0. The minimum atomic E-state index is -1.59. The third kappa shape index (κ3) is 7.43. The van der Waals surface area contributed by atoms with Crippen LogP contribution in [0.15, 0.2) is 88.1 Å². The average Bonchev–Trinajstić information content (AvgIpc) is 3.23. The number of phenols is 13. The maximum absolute atomic E-state index is 12.2. The van der Waals surface area contributed by atoms with Gasteiger partial charge in [-0.1, -0.05) is 12.1 Å². The van der Waals surface area contributed by atoms with Gasteiger partial charge in [0, 0.05) is 59.0 Å². The van der Waals surface area contributed by atoms with Crippen LogP contribution in [0, 0.1) is 0 Å². The van der Waals surface area contributed by atoms with Crippen molar-refractivity contribution in [3.05, 3.63) is 117 Å². The molecule has 9 rings (SSSR count). The van der Waals surface area contributed by atoms with Crippen molar-refractivity contribution in [2.45, 2.75) is 36.8 Å². The predicted molar refractivity (Wildman–Crippen MR) is 221 cm³/mol. The van der Waals surface area contributed by atoms with Crippen molar-refractivity contribution < 1.29 is 95.6 Å². The summed E-state index contributed by atoms with van der Waals surface area (Å²) in [6.07, 6.45) is -5.43. The SMILES string of the molecule is O=c1c(O)c(-c2cc(O)c(O)c(O)c2)oc2cc(O)cc(O)c12.Oc1cc(O)c2c(c1)O[C@H](c1ccc(O)c(O)c1)[C@H](O)[C@H]2c1c(O)cc(O)c2c1O[C@H](c1ccc(O)c(O)c1)[C@H](O)C2. The number of ether oxygens (including phenoxy) is 2. The molecule has 5 atom stereocenters. The molecule has 0 saturated carbocycles. The predicted octanol–water partition coefficient (Wildman–Crippen LogP) is 4.69. The molecule has 65 heavy (non-hydrogen) atoms. The normalized spacial score (nSPS) is 18.6. The number of hydrogen-bond acceptors (Lipinski definition) is 20. The number of aliphatic hydroxyl groups is 2. The van der Waals surface area contributed by atoms with Crippen molar-refractivity contribution in [1.29, 1.82) is 0 Å². The number of fused-ring (bicyclic) bond motifs is 3. The van der Waals surface area contributed by atoms with E-state index >= 15 is 0 Å². The maximum atomic E-state index is 12.2. The van der Waals surface area contributed by atoms with E-state index in [1.165, 1.54) is 42.5 Å². The van der Waals surface area contributed by atoms with Gasteiger partial charge in [0.05, 0.1) is 12.0 Å². The maximum Gasteiger partial charge on any atom is 0.238 e. The molecule has 2 aliphatic heterocycles. The molecule has 0 radical (unpaired) electrons. The van der Waals surface area contributed by atoms with Crippen LogP contribution in [0.3, 0.4) is 0 Å². The lowest BCUT2D eigenvalue weighted by atomic mass is 9.77. The molecule has 0 amide bonds. The lowest BCUT2D eigenvalue weighted by Crippen LogP contribution is -2.36. The van der Waals surface area contributed by atoms with E-state index in [0.717, 1.165) is 36.4 Å². The van der Waals surface area contributed by atoms with Gasteiger partial charge in [-0.05, 0) is 47.5 Å². The molecule has 0 unspecified atom stereocenters. The van der Waals surface area contributed by atoms with Crippen LogP contribution in [0.4, 0.5) is 0 Å². The first-order valence-electron chi connectivity index (χ1n) is 19.1. The summed E-state index contributed by atoms with van der Waals surface area (Å²) in [4.78, 5) is 12.2. The number of benzene rings is 6. The van der Waals surface area contributed by atoms with Gasteiger partial charge in [0.2, 0.25) is 11.2 Å². The quantitative estimate of drug-likeness (QED) is 0.107. The zero-order chi connectivity index (χ0) is 46.9. The van der Waals surface area contributed by atoms with Gasteiger partial charge in [-0.15, -0.1) is 0 Å². The minimum Gasteiger partial charge on any atom is -0.508 e. The second kappa shape index (κ2) is 15.9. The van der Waals surface area contributed by atoms with Crippen molar-refractivity contribution in [2.24, 2.45) is 0 Å². The van der Waals surface area contributed by atoms with Crippen molar-refractivity contribution in [2.75, 3.05) is 0 Å². The van der Waals surface area contributed by atoms with E-state index in [9.17, 15) is 86.5 Å². The molecule has 7 aromatic rings. The van der Waals surface area contributed by atoms with Crippen molar-refractivity contribution in [3.63, 3.8) is 0 Å². The summed E-state index contributed by atoms with van der Waals surface area (Å²) in [6, 6.07) is 14.7. The first-order valence-corrected chi connectivity index (χ1v) is 19.1. The Labute approximate surface area is 362 Å². The third-order valence-electron chi connectivity index (χ3n) is 10.9. The van der Waals surface area contributed by atoms with E-state index in [0.29, 0.717) is 0 Å². The molecule has 0 spiro atoms. The largest absolute Gasteiger partial charge is 0.508 e. The van der Waals surface area contributed by atoms with E-state index < -0.39 is 111 Å². The Morgan fingerprint density at radius 3 is 1.68 bits per heavy atom. The second-order valence-corrected chi connectivity index (χ2v) is 15.1. The molecule has 16 N–H and O–H groups in total. The lowest BCUT2D eigenvalue weighted by molar-refractivity contribution is 0.00115. The topological polar surface area (TPSA) is 372 Å². The van der Waals surface area contributed by atoms with Gasteiger partial charge in [-0.25, -0.2) is 0 Å². The summed E-state index contributed by atoms with van der Waals surface area (Å²) in [5, 5.41) is 163. The third-order valence-corrected chi connectivity index (χ3v) is 10.9. The Kier molecular flexibility index (Phi) is 10.5. The highest BCUT2D eigenvalue weighted by atomic mass is 16.5. The fraction of sp³-hybridized carbons (Fsp3) is 0.133. The molecular formula is C45H36O20. The number of phenolic OH excluding ortho intramolecular Hbond substituents is 13. The Balaban J connectivity index is 0.000000211. The van der Waals surface area contributed by atoms with Crippen LogP contribution in [0.25, 0.3) is 22.3 Å². The van der Waals surface area contributed by atoms with Crippen LogP contribution in [-0.4, -0.2) is 93.9 Å². The van der Waals surface area contributed by atoms with Crippen molar-refractivity contribution in [1.82, 2.24) is 0 Å². The Bertz CT molecular complexity index is 3100. The lowest BCUT2D eigenvalue weighted by Gasteiger charge is -2.40. The van der Waals surface area contributed by atoms with Crippen molar-refractivity contribution >= 4 is 11.0 Å². The zero-order valence-corrected chi connectivity index (χ0v) is 32.9. The zero-order valence-electron chi connectivity index (χ0n) is 32.9. The van der Waals surface area contributed by atoms with E-state index in [1.54, 1.807) is 0 Å². The average molecular weight is 897 g/mol. The number of hydrogen-bond donors (Lipinski definition) is 16. The van der Waals surface area contributed by atoms with E-state index in [-0.39, 0.29) is 73.8 Å². The molecule has 20 nitrogen and oxygen atoms in total. The van der Waals surface area contributed by atoms with Crippen LogP contribution in [0.5, 0.6) is 92.0 Å². The van der Waals surface area contributed by atoms with Gasteiger partial charge in [0.15, 0.2) is 52.1 Å². The summed E-state index contributed by atoms with van der Waals surface area (Å²) >= 11 is 0. The van der Waals surface area contributed by atoms with Gasteiger partial charge in [-0.2, -0.15) is 0 Å². The molecule has 0 aliphatic carbocycles. The molecule has 0 fully saturated rings. The summed E-state index contributed by atoms with van der Waals surface area (Å²) in [5.74, 6) is -9.48. The van der Waals surface area contributed by atoms with Gasteiger partial charge < -0.3 is 95.6 Å². The fourth-order valence-corrected chi connectivity index (χ4v) is 7.92. The monoisotopic (exact) mass is 896 g/mol. The molecule has 336 valence electrons. The highest BCUT2D eigenvalue weighted by Gasteiger charge is 2.46. The van der Waals surface area contributed by atoms with Gasteiger partial charge in [0.25, 0.3) is 0 Å². The molecular weight excluding hydrogens is 860 g/mol. The minimum absolute atomic E-state index is 0.0312. The van der Waals surface area contributed by atoms with E-state index in [2.05, 4.69) is 0 Å². The van der Waals surface area contributed by atoms with E-state index in [1.807, 2.05) is 0 Å². The first-order chi connectivity index (χ1) is 30.7. The standard InChI is InChI=1S/C30H26O12.C15H10O8/c31-13-7-20(37)24-23(8-13)41-29(12-2-4-16(33)19(36)6-12)27(40)26(24)25-21(38)10-17(34)14-9-22(39)28(42-30(14)25)11-1-3-15(32)18(35)5-11;16-6-3-7(17)11-10(4-6)23-15(14(22)13(11)21)5-1-8(18)12(20)9(19)2-5/h1-8,10,22,26-29,31-40H,9H2;1-4,16-20,22H/t22-,26-,27-,28-,29-;/m1./s1. The molecule has 20 heteroatoms. The van der Waals surface area contributed by atoms with Crippen LogP contribution in [0.2, 0.25) is 0 Å². The first kappa shape index (κ1) is 42.9. The molecule has 0 saturated heterocycles. The summed E-state index contributed by atoms with van der Waals surface area (Å²) in [6.45, 7) is 0. The van der Waals surface area contributed by atoms with Crippen molar-refractivity contribution in [3.8, 4) is 103 Å². The summed E-state index contributed by atoms with van der Waals surface area (Å²) < 4.78 is 17.4. The molecule has 2 aliphatic rings. The fourth-order valence-electron chi connectivity index (χ4n) is 7.92. The Hall–Kier alpha value is -8.75. The second-order valence-electron chi connectivity index (χ2n) is 15.1. The molecule has 1 aromatic heterocycles. The van der Waals surface area contributed by atoms with Gasteiger partial charge in [-0.3, -0.25) is 4.79 Å². The Morgan fingerprint density at radius 1 is 0.492 bits per heavy atom. The van der Waals surface area contributed by atoms with Crippen LogP contribution < -0.4 is 14.9 Å². The highest BCUT2D eigenvalue weighted by Crippen LogP contribution is 2.57. The molecule has 0 bridgehead atoms. The Morgan fingerprint density at radius 2 is 1.06 bits per heavy atom. The smallest absolute Gasteiger partial charge is 0.238 e. The number of rotatable bonds is 4.